The molecule has 2 aromatic carbocycles. The van der Waals surface area contributed by atoms with Gasteiger partial charge in [0.05, 0.1) is 16.8 Å². The number of rotatable bonds is 5. The molecule has 1 heterocycles. The predicted octanol–water partition coefficient (Wildman–Crippen LogP) is 4.22. The van der Waals surface area contributed by atoms with Crippen LogP contribution in [-0.4, -0.2) is 18.4 Å². The van der Waals surface area contributed by atoms with Gasteiger partial charge in [-0.15, -0.1) is 0 Å². The second kappa shape index (κ2) is 7.37. The van der Waals surface area contributed by atoms with Gasteiger partial charge in [-0.3, -0.25) is 0 Å². The molecular formula is C19H18N2O2S2. The fourth-order valence-electron chi connectivity index (χ4n) is 2.33. The highest BCUT2D eigenvalue weighted by Crippen LogP contribution is 2.25. The van der Waals surface area contributed by atoms with Crippen LogP contribution in [0.15, 0.2) is 75.7 Å². The zero-order valence-electron chi connectivity index (χ0n) is 14.0. The van der Waals surface area contributed by atoms with Gasteiger partial charge in [-0.1, -0.05) is 59.8 Å². The summed E-state index contributed by atoms with van der Waals surface area (Å²) in [5.74, 6) is 0.740. The van der Waals surface area contributed by atoms with Crippen molar-refractivity contribution in [3.05, 3.63) is 77.6 Å². The van der Waals surface area contributed by atoms with Gasteiger partial charge in [0.2, 0.25) is 9.84 Å². The maximum atomic E-state index is 12.8. The molecule has 128 valence electrons. The van der Waals surface area contributed by atoms with Crippen LogP contribution in [0.1, 0.15) is 16.8 Å². The van der Waals surface area contributed by atoms with E-state index in [0.29, 0.717) is 10.9 Å². The third-order valence-corrected chi connectivity index (χ3v) is 6.55. The molecule has 0 aliphatic rings. The van der Waals surface area contributed by atoms with E-state index in [0.717, 1.165) is 11.3 Å². The number of hydrogen-bond donors (Lipinski definition) is 0. The van der Waals surface area contributed by atoms with E-state index in [-0.39, 0.29) is 9.79 Å². The van der Waals surface area contributed by atoms with E-state index < -0.39 is 9.84 Å². The molecule has 0 bridgehead atoms. The SMILES string of the molecule is Cc1ccc(S(=O)(=O)c2cnc(SCc3ccccc3)nc2C)cc1. The van der Waals surface area contributed by atoms with Crippen molar-refractivity contribution in [2.75, 3.05) is 0 Å². The van der Waals surface area contributed by atoms with E-state index in [2.05, 4.69) is 9.97 Å². The summed E-state index contributed by atoms with van der Waals surface area (Å²) in [5, 5.41) is 0.573. The molecule has 25 heavy (non-hydrogen) atoms. The van der Waals surface area contributed by atoms with Crippen LogP contribution < -0.4 is 0 Å². The van der Waals surface area contributed by atoms with Crippen molar-refractivity contribution in [3.8, 4) is 0 Å². The lowest BCUT2D eigenvalue weighted by atomic mass is 10.2. The summed E-state index contributed by atoms with van der Waals surface area (Å²) in [5.41, 5.74) is 2.65. The molecular weight excluding hydrogens is 352 g/mol. The van der Waals surface area contributed by atoms with E-state index in [1.165, 1.54) is 23.5 Å². The lowest BCUT2D eigenvalue weighted by Gasteiger charge is -2.08. The van der Waals surface area contributed by atoms with Crippen molar-refractivity contribution in [1.82, 2.24) is 9.97 Å². The number of hydrogen-bond acceptors (Lipinski definition) is 5. The Kier molecular flexibility index (Phi) is 5.20. The van der Waals surface area contributed by atoms with Gasteiger partial charge in [-0.2, -0.15) is 0 Å². The molecule has 0 unspecified atom stereocenters. The van der Waals surface area contributed by atoms with Crippen molar-refractivity contribution in [3.63, 3.8) is 0 Å². The minimum absolute atomic E-state index is 0.153. The van der Waals surface area contributed by atoms with Gasteiger partial charge in [-0.25, -0.2) is 18.4 Å². The minimum atomic E-state index is -3.60. The van der Waals surface area contributed by atoms with Gasteiger partial charge in [0.1, 0.15) is 4.90 Å². The average molecular weight is 370 g/mol. The maximum absolute atomic E-state index is 12.8. The summed E-state index contributed by atoms with van der Waals surface area (Å²) in [6, 6.07) is 16.8. The molecule has 0 spiro atoms. The second-order valence-corrected chi connectivity index (χ2v) is 8.55. The van der Waals surface area contributed by atoms with E-state index in [4.69, 9.17) is 0 Å². The zero-order valence-corrected chi connectivity index (χ0v) is 15.6. The average Bonchev–Trinajstić information content (AvgIpc) is 2.61. The van der Waals surface area contributed by atoms with E-state index >= 15 is 0 Å². The van der Waals surface area contributed by atoms with Gasteiger partial charge in [0.15, 0.2) is 5.16 Å². The molecule has 0 atom stereocenters. The quantitative estimate of drug-likeness (QED) is 0.497. The van der Waals surface area contributed by atoms with E-state index in [1.54, 1.807) is 31.2 Å². The standard InChI is InChI=1S/C19H18N2O2S2/c1-14-8-10-17(11-9-14)25(22,23)18-12-20-19(21-15(18)2)24-13-16-6-4-3-5-7-16/h3-12H,13H2,1-2H3. The molecule has 3 aromatic rings. The largest absolute Gasteiger partial charge is 0.230 e. The van der Waals surface area contributed by atoms with Crippen molar-refractivity contribution in [2.24, 2.45) is 0 Å². The van der Waals surface area contributed by atoms with Gasteiger partial charge in [0.25, 0.3) is 0 Å². The molecule has 0 fully saturated rings. The Hall–Kier alpha value is -2.18. The van der Waals surface area contributed by atoms with Crippen LogP contribution in [0.5, 0.6) is 0 Å². The minimum Gasteiger partial charge on any atom is -0.230 e. The van der Waals surface area contributed by atoms with Crippen LogP contribution in [0, 0.1) is 13.8 Å². The highest BCUT2D eigenvalue weighted by Gasteiger charge is 2.21. The normalized spacial score (nSPS) is 11.4. The van der Waals surface area contributed by atoms with Gasteiger partial charge in [-0.05, 0) is 31.5 Å². The van der Waals surface area contributed by atoms with Gasteiger partial charge >= 0.3 is 0 Å². The van der Waals surface area contributed by atoms with Crippen LogP contribution in [0.25, 0.3) is 0 Å². The fourth-order valence-corrected chi connectivity index (χ4v) is 4.53. The van der Waals surface area contributed by atoms with Crippen molar-refractivity contribution >= 4 is 21.6 Å². The number of aryl methyl sites for hydroxylation is 2. The monoisotopic (exact) mass is 370 g/mol. The fraction of sp³-hybridized carbons (Fsp3) is 0.158. The summed E-state index contributed by atoms with van der Waals surface area (Å²) in [6.45, 7) is 3.62. The Morgan fingerprint density at radius 3 is 2.28 bits per heavy atom. The number of sulfone groups is 1. The molecule has 3 rings (SSSR count). The maximum Gasteiger partial charge on any atom is 0.209 e. The third-order valence-electron chi connectivity index (χ3n) is 3.74. The Morgan fingerprint density at radius 2 is 1.64 bits per heavy atom. The zero-order chi connectivity index (χ0) is 17.9. The Bertz CT molecular complexity index is 970. The van der Waals surface area contributed by atoms with Crippen molar-refractivity contribution in [1.29, 1.82) is 0 Å². The molecule has 0 saturated heterocycles. The van der Waals surface area contributed by atoms with Gasteiger partial charge in [0, 0.05) is 5.75 Å². The smallest absolute Gasteiger partial charge is 0.209 e. The molecule has 0 N–H and O–H groups in total. The topological polar surface area (TPSA) is 59.9 Å². The van der Waals surface area contributed by atoms with Crippen LogP contribution in [0.4, 0.5) is 0 Å². The number of thioether (sulfide) groups is 1. The third kappa shape index (κ3) is 4.08. The Labute approximate surface area is 152 Å². The summed E-state index contributed by atoms with van der Waals surface area (Å²) in [7, 11) is -3.60. The summed E-state index contributed by atoms with van der Waals surface area (Å²) in [6.07, 6.45) is 1.41. The molecule has 0 aliphatic carbocycles. The first-order valence-electron chi connectivity index (χ1n) is 7.79. The Morgan fingerprint density at radius 1 is 0.960 bits per heavy atom. The first-order valence-corrected chi connectivity index (χ1v) is 10.3. The molecule has 6 heteroatoms. The molecule has 1 aromatic heterocycles. The van der Waals surface area contributed by atoms with Crippen LogP contribution in [-0.2, 0) is 15.6 Å². The van der Waals surface area contributed by atoms with E-state index in [1.807, 2.05) is 37.3 Å². The summed E-state index contributed by atoms with van der Waals surface area (Å²) < 4.78 is 25.5. The number of benzene rings is 2. The van der Waals surface area contributed by atoms with Crippen LogP contribution >= 0.6 is 11.8 Å². The van der Waals surface area contributed by atoms with E-state index in [9.17, 15) is 8.42 Å². The van der Waals surface area contributed by atoms with Crippen molar-refractivity contribution in [2.45, 2.75) is 34.5 Å². The molecule has 4 nitrogen and oxygen atoms in total. The number of nitrogens with zero attached hydrogens (tertiary/aromatic N) is 2. The summed E-state index contributed by atoms with van der Waals surface area (Å²) >= 11 is 1.49. The highest BCUT2D eigenvalue weighted by molar-refractivity contribution is 7.98. The Balaban J connectivity index is 1.83. The first-order chi connectivity index (χ1) is 12.0. The summed E-state index contributed by atoms with van der Waals surface area (Å²) in [4.78, 5) is 9.02. The van der Waals surface area contributed by atoms with Crippen molar-refractivity contribution < 1.29 is 8.42 Å². The molecule has 0 radical (unpaired) electrons. The second-order valence-electron chi connectivity index (χ2n) is 5.69. The first kappa shape index (κ1) is 17.6. The molecule has 0 aliphatic heterocycles. The van der Waals surface area contributed by atoms with Crippen LogP contribution in [0.2, 0.25) is 0 Å². The predicted molar refractivity (Wildman–Crippen MR) is 99.4 cm³/mol. The highest BCUT2D eigenvalue weighted by atomic mass is 32.2. The lowest BCUT2D eigenvalue weighted by molar-refractivity contribution is 0.593. The molecule has 0 saturated carbocycles. The number of aromatic nitrogens is 2. The van der Waals surface area contributed by atoms with Gasteiger partial charge < -0.3 is 0 Å². The molecule has 0 amide bonds. The lowest BCUT2D eigenvalue weighted by Crippen LogP contribution is -2.07. The van der Waals surface area contributed by atoms with Crippen LogP contribution in [0.3, 0.4) is 0 Å².